The van der Waals surface area contributed by atoms with Crippen LogP contribution in [0.3, 0.4) is 0 Å². The van der Waals surface area contributed by atoms with Gasteiger partial charge in [-0.15, -0.1) is 0 Å². The monoisotopic (exact) mass is 251 g/mol. The van der Waals surface area contributed by atoms with Crippen LogP contribution in [0.5, 0.6) is 0 Å². The zero-order valence-electron chi connectivity index (χ0n) is 11.1. The van der Waals surface area contributed by atoms with Crippen LogP contribution in [0.25, 0.3) is 0 Å². The van der Waals surface area contributed by atoms with E-state index < -0.39 is 0 Å². The number of pyridine rings is 1. The van der Waals surface area contributed by atoms with E-state index in [1.165, 1.54) is 5.56 Å². The standard InChI is InChI=1S/C16H17N3/c1-2-19(13-16-5-3-4-10-18-16)12-15-8-6-14(11-17)7-9-15/h3-10H,2,12-13H2,1H3. The molecule has 1 heterocycles. The van der Waals surface area contributed by atoms with Gasteiger partial charge in [0.05, 0.1) is 17.3 Å². The van der Waals surface area contributed by atoms with Crippen molar-refractivity contribution in [2.24, 2.45) is 0 Å². The second-order valence-electron chi connectivity index (χ2n) is 4.43. The summed E-state index contributed by atoms with van der Waals surface area (Å²) in [6.07, 6.45) is 1.82. The molecule has 0 saturated carbocycles. The van der Waals surface area contributed by atoms with Crippen LogP contribution in [0, 0.1) is 11.3 Å². The van der Waals surface area contributed by atoms with Crippen molar-refractivity contribution in [1.82, 2.24) is 9.88 Å². The summed E-state index contributed by atoms with van der Waals surface area (Å²) in [4.78, 5) is 6.67. The second-order valence-corrected chi connectivity index (χ2v) is 4.43. The summed E-state index contributed by atoms with van der Waals surface area (Å²) in [5.74, 6) is 0. The van der Waals surface area contributed by atoms with E-state index in [0.717, 1.165) is 25.3 Å². The number of hydrogen-bond acceptors (Lipinski definition) is 3. The van der Waals surface area contributed by atoms with Gasteiger partial charge in [-0.25, -0.2) is 0 Å². The smallest absolute Gasteiger partial charge is 0.0991 e. The van der Waals surface area contributed by atoms with Gasteiger partial charge in [0.25, 0.3) is 0 Å². The summed E-state index contributed by atoms with van der Waals surface area (Å²) in [5, 5.41) is 8.78. The molecule has 19 heavy (non-hydrogen) atoms. The number of rotatable bonds is 5. The fourth-order valence-corrected chi connectivity index (χ4v) is 1.94. The fraction of sp³-hybridized carbons (Fsp3) is 0.250. The third-order valence-corrected chi connectivity index (χ3v) is 3.05. The maximum atomic E-state index is 8.78. The van der Waals surface area contributed by atoms with Crippen LogP contribution in [0.2, 0.25) is 0 Å². The molecule has 0 N–H and O–H groups in total. The number of aromatic nitrogens is 1. The van der Waals surface area contributed by atoms with Crippen LogP contribution < -0.4 is 0 Å². The number of nitriles is 1. The molecule has 2 rings (SSSR count). The van der Waals surface area contributed by atoms with E-state index in [0.29, 0.717) is 5.56 Å². The second kappa shape index (κ2) is 6.67. The molecule has 0 radical (unpaired) electrons. The fourth-order valence-electron chi connectivity index (χ4n) is 1.94. The Morgan fingerprint density at radius 3 is 2.47 bits per heavy atom. The van der Waals surface area contributed by atoms with Gasteiger partial charge in [-0.2, -0.15) is 5.26 Å². The highest BCUT2D eigenvalue weighted by Crippen LogP contribution is 2.09. The van der Waals surface area contributed by atoms with E-state index >= 15 is 0 Å². The molecule has 0 aliphatic rings. The van der Waals surface area contributed by atoms with E-state index in [1.54, 1.807) is 0 Å². The number of benzene rings is 1. The predicted molar refractivity (Wildman–Crippen MR) is 75.2 cm³/mol. The van der Waals surface area contributed by atoms with Gasteiger partial charge in [0.1, 0.15) is 0 Å². The molecule has 0 saturated heterocycles. The molecule has 0 aliphatic carbocycles. The molecular formula is C16H17N3. The Hall–Kier alpha value is -2.18. The molecule has 1 aromatic heterocycles. The molecule has 0 atom stereocenters. The first kappa shape index (κ1) is 13.3. The van der Waals surface area contributed by atoms with E-state index in [-0.39, 0.29) is 0 Å². The van der Waals surface area contributed by atoms with Gasteiger partial charge >= 0.3 is 0 Å². The van der Waals surface area contributed by atoms with Crippen molar-refractivity contribution in [2.75, 3.05) is 6.54 Å². The highest BCUT2D eigenvalue weighted by atomic mass is 15.1. The lowest BCUT2D eigenvalue weighted by Crippen LogP contribution is -2.22. The van der Waals surface area contributed by atoms with Crippen molar-refractivity contribution in [3.63, 3.8) is 0 Å². The SMILES string of the molecule is CCN(Cc1ccc(C#N)cc1)Cc1ccccn1. The van der Waals surface area contributed by atoms with Crippen LogP contribution in [-0.2, 0) is 13.1 Å². The lowest BCUT2D eigenvalue weighted by Gasteiger charge is -2.20. The molecule has 0 fully saturated rings. The minimum absolute atomic E-state index is 0.705. The normalized spacial score (nSPS) is 10.4. The minimum Gasteiger partial charge on any atom is -0.294 e. The van der Waals surface area contributed by atoms with E-state index in [1.807, 2.05) is 48.7 Å². The molecule has 2 aromatic rings. The highest BCUT2D eigenvalue weighted by Gasteiger charge is 2.05. The average Bonchev–Trinajstić information content (AvgIpc) is 2.48. The van der Waals surface area contributed by atoms with Gasteiger partial charge in [0, 0.05) is 19.3 Å². The first-order chi connectivity index (χ1) is 9.31. The number of nitrogens with zero attached hydrogens (tertiary/aromatic N) is 3. The molecule has 0 unspecified atom stereocenters. The van der Waals surface area contributed by atoms with Gasteiger partial charge in [-0.3, -0.25) is 9.88 Å². The Balaban J connectivity index is 2.00. The molecular weight excluding hydrogens is 234 g/mol. The maximum absolute atomic E-state index is 8.78. The molecule has 3 heteroatoms. The van der Waals surface area contributed by atoms with Gasteiger partial charge in [-0.1, -0.05) is 25.1 Å². The highest BCUT2D eigenvalue weighted by molar-refractivity contribution is 5.31. The summed E-state index contributed by atoms with van der Waals surface area (Å²) in [7, 11) is 0. The largest absolute Gasteiger partial charge is 0.294 e. The predicted octanol–water partition coefficient (Wildman–Crippen LogP) is 2.98. The number of hydrogen-bond donors (Lipinski definition) is 0. The third kappa shape index (κ3) is 3.90. The van der Waals surface area contributed by atoms with Crippen LogP contribution in [0.4, 0.5) is 0 Å². The van der Waals surface area contributed by atoms with Crippen molar-refractivity contribution in [3.8, 4) is 6.07 Å². The Bertz CT molecular complexity index is 540. The van der Waals surface area contributed by atoms with Crippen LogP contribution >= 0.6 is 0 Å². The van der Waals surface area contributed by atoms with Crippen molar-refractivity contribution in [3.05, 3.63) is 65.5 Å². The topological polar surface area (TPSA) is 39.9 Å². The maximum Gasteiger partial charge on any atom is 0.0991 e. The van der Waals surface area contributed by atoms with Gasteiger partial charge in [0.2, 0.25) is 0 Å². The van der Waals surface area contributed by atoms with E-state index in [4.69, 9.17) is 5.26 Å². The molecule has 0 amide bonds. The van der Waals surface area contributed by atoms with E-state index in [9.17, 15) is 0 Å². The molecule has 0 aliphatic heterocycles. The lowest BCUT2D eigenvalue weighted by molar-refractivity contribution is 0.268. The minimum atomic E-state index is 0.705. The molecule has 96 valence electrons. The molecule has 1 aromatic carbocycles. The Morgan fingerprint density at radius 1 is 1.11 bits per heavy atom. The van der Waals surface area contributed by atoms with Crippen molar-refractivity contribution in [2.45, 2.75) is 20.0 Å². The van der Waals surface area contributed by atoms with Crippen molar-refractivity contribution >= 4 is 0 Å². The molecule has 0 spiro atoms. The first-order valence-corrected chi connectivity index (χ1v) is 6.43. The Labute approximate surface area is 114 Å². The van der Waals surface area contributed by atoms with Gasteiger partial charge in [-0.05, 0) is 36.4 Å². The van der Waals surface area contributed by atoms with Crippen molar-refractivity contribution in [1.29, 1.82) is 5.26 Å². The van der Waals surface area contributed by atoms with Crippen LogP contribution in [0.1, 0.15) is 23.7 Å². The van der Waals surface area contributed by atoms with Gasteiger partial charge in [0.15, 0.2) is 0 Å². The zero-order chi connectivity index (χ0) is 13.5. The Morgan fingerprint density at radius 2 is 1.89 bits per heavy atom. The first-order valence-electron chi connectivity index (χ1n) is 6.43. The summed E-state index contributed by atoms with van der Waals surface area (Å²) in [6.45, 7) is 4.83. The average molecular weight is 251 g/mol. The van der Waals surface area contributed by atoms with Gasteiger partial charge < -0.3 is 0 Å². The van der Waals surface area contributed by atoms with E-state index in [2.05, 4.69) is 22.9 Å². The summed E-state index contributed by atoms with van der Waals surface area (Å²) in [6, 6.07) is 15.9. The zero-order valence-corrected chi connectivity index (χ0v) is 11.1. The van der Waals surface area contributed by atoms with Crippen LogP contribution in [0.15, 0.2) is 48.7 Å². The molecule has 3 nitrogen and oxygen atoms in total. The lowest BCUT2D eigenvalue weighted by atomic mass is 10.1. The summed E-state index contributed by atoms with van der Waals surface area (Å²) >= 11 is 0. The summed E-state index contributed by atoms with van der Waals surface area (Å²) in [5.41, 5.74) is 3.01. The van der Waals surface area contributed by atoms with Crippen LogP contribution in [-0.4, -0.2) is 16.4 Å². The quantitative estimate of drug-likeness (QED) is 0.820. The van der Waals surface area contributed by atoms with Crippen molar-refractivity contribution < 1.29 is 0 Å². The summed E-state index contributed by atoms with van der Waals surface area (Å²) < 4.78 is 0. The Kier molecular flexibility index (Phi) is 4.66. The molecule has 0 bridgehead atoms. The third-order valence-electron chi connectivity index (χ3n) is 3.05.